The fourth-order valence-electron chi connectivity index (χ4n) is 2.85. The normalized spacial score (nSPS) is 10.5. The number of ether oxygens (including phenoxy) is 1. The third-order valence-corrected chi connectivity index (χ3v) is 4.94. The number of rotatable bonds is 7. The van der Waals surface area contributed by atoms with Gasteiger partial charge in [-0.25, -0.2) is 0 Å². The molecule has 2 N–H and O–H groups in total. The Morgan fingerprint density at radius 3 is 2.34 bits per heavy atom. The summed E-state index contributed by atoms with van der Waals surface area (Å²) in [5.74, 6) is 0.418. The molecule has 4 nitrogen and oxygen atoms in total. The lowest BCUT2D eigenvalue weighted by molar-refractivity contribution is -0.118. The number of hydrogen-bond donors (Lipinski definition) is 2. The number of amides is 1. The summed E-state index contributed by atoms with van der Waals surface area (Å²) >= 11 is 6.16. The smallest absolute Gasteiger partial charge is 0.262 e. The van der Waals surface area contributed by atoms with Crippen LogP contribution in [0.3, 0.4) is 0 Å². The van der Waals surface area contributed by atoms with Crippen molar-refractivity contribution in [1.29, 1.82) is 0 Å². The van der Waals surface area contributed by atoms with Gasteiger partial charge in [0.1, 0.15) is 5.75 Å². The van der Waals surface area contributed by atoms with E-state index in [0.717, 1.165) is 22.5 Å². The molecule has 0 aliphatic rings. The maximum Gasteiger partial charge on any atom is 0.262 e. The van der Waals surface area contributed by atoms with Crippen molar-refractivity contribution in [2.24, 2.45) is 0 Å². The molecule has 5 heteroatoms. The highest BCUT2D eigenvalue weighted by atomic mass is 35.5. The molecule has 0 saturated carbocycles. The van der Waals surface area contributed by atoms with E-state index in [1.165, 1.54) is 11.1 Å². The fourth-order valence-corrected chi connectivity index (χ4v) is 3.05. The van der Waals surface area contributed by atoms with E-state index in [-0.39, 0.29) is 12.5 Å². The minimum atomic E-state index is -0.211. The Balaban J connectivity index is 1.62. The summed E-state index contributed by atoms with van der Waals surface area (Å²) in [6.07, 6.45) is 0. The summed E-state index contributed by atoms with van der Waals surface area (Å²) in [6.45, 7) is 6.64. The number of carbonyl (C=O) groups excluding carboxylic acids is 1. The molecule has 29 heavy (non-hydrogen) atoms. The van der Waals surface area contributed by atoms with Gasteiger partial charge in [-0.1, -0.05) is 35.4 Å². The third kappa shape index (κ3) is 6.00. The number of hydrogen-bond acceptors (Lipinski definition) is 3. The number of aryl methyl sites for hydroxylation is 3. The highest BCUT2D eigenvalue weighted by Crippen LogP contribution is 2.25. The van der Waals surface area contributed by atoms with Crippen LogP contribution in [0.2, 0.25) is 5.02 Å². The number of benzene rings is 3. The van der Waals surface area contributed by atoms with Gasteiger partial charge >= 0.3 is 0 Å². The van der Waals surface area contributed by atoms with Gasteiger partial charge in [-0.05, 0) is 74.4 Å². The Kier molecular flexibility index (Phi) is 6.78. The van der Waals surface area contributed by atoms with Crippen LogP contribution in [-0.4, -0.2) is 12.5 Å². The van der Waals surface area contributed by atoms with Crippen molar-refractivity contribution in [2.75, 3.05) is 17.2 Å². The summed E-state index contributed by atoms with van der Waals surface area (Å²) in [5, 5.41) is 6.85. The quantitative estimate of drug-likeness (QED) is 0.512. The molecule has 0 spiro atoms. The summed E-state index contributed by atoms with van der Waals surface area (Å²) in [7, 11) is 0. The van der Waals surface area contributed by atoms with Crippen molar-refractivity contribution >= 4 is 28.9 Å². The molecule has 0 fully saturated rings. The van der Waals surface area contributed by atoms with Crippen LogP contribution in [0.4, 0.5) is 11.4 Å². The number of carbonyl (C=O) groups is 1. The first-order valence-electron chi connectivity index (χ1n) is 9.49. The Bertz CT molecular complexity index is 1000. The second-order valence-electron chi connectivity index (χ2n) is 7.11. The minimum absolute atomic E-state index is 0.0772. The van der Waals surface area contributed by atoms with Crippen molar-refractivity contribution in [1.82, 2.24) is 0 Å². The monoisotopic (exact) mass is 408 g/mol. The first kappa shape index (κ1) is 20.7. The fraction of sp³-hybridized carbons (Fsp3) is 0.208. The molecule has 0 atom stereocenters. The average Bonchev–Trinajstić information content (AvgIpc) is 2.70. The van der Waals surface area contributed by atoms with E-state index in [2.05, 4.69) is 36.6 Å². The molecule has 0 bridgehead atoms. The van der Waals surface area contributed by atoms with Crippen molar-refractivity contribution in [2.45, 2.75) is 27.3 Å². The molecule has 0 aliphatic carbocycles. The van der Waals surface area contributed by atoms with Crippen molar-refractivity contribution in [3.05, 3.63) is 87.9 Å². The first-order chi connectivity index (χ1) is 13.9. The predicted octanol–water partition coefficient (Wildman–Crippen LogP) is 5.89. The average molecular weight is 409 g/mol. The highest BCUT2D eigenvalue weighted by molar-refractivity contribution is 6.30. The van der Waals surface area contributed by atoms with Gasteiger partial charge in [0.15, 0.2) is 6.61 Å². The molecule has 1 amide bonds. The van der Waals surface area contributed by atoms with Gasteiger partial charge < -0.3 is 15.4 Å². The number of halogens is 1. The molecule has 0 radical (unpaired) electrons. The lowest BCUT2D eigenvalue weighted by Crippen LogP contribution is -2.20. The van der Waals surface area contributed by atoms with Gasteiger partial charge in [0.2, 0.25) is 0 Å². The Labute approximate surface area is 176 Å². The molecule has 0 unspecified atom stereocenters. The van der Waals surface area contributed by atoms with Crippen LogP contribution >= 0.6 is 11.6 Å². The van der Waals surface area contributed by atoms with E-state index in [0.29, 0.717) is 17.3 Å². The zero-order valence-electron chi connectivity index (χ0n) is 16.9. The van der Waals surface area contributed by atoms with Gasteiger partial charge in [0.25, 0.3) is 5.91 Å². The minimum Gasteiger partial charge on any atom is -0.483 e. The Hall–Kier alpha value is -2.98. The van der Waals surface area contributed by atoms with E-state index < -0.39 is 0 Å². The van der Waals surface area contributed by atoms with Gasteiger partial charge in [0, 0.05) is 28.5 Å². The largest absolute Gasteiger partial charge is 0.483 e. The van der Waals surface area contributed by atoms with E-state index in [9.17, 15) is 4.79 Å². The second kappa shape index (κ2) is 9.48. The van der Waals surface area contributed by atoms with Crippen molar-refractivity contribution < 1.29 is 9.53 Å². The molecule has 3 aromatic carbocycles. The second-order valence-corrected chi connectivity index (χ2v) is 7.54. The lowest BCUT2D eigenvalue weighted by Gasteiger charge is -2.14. The molecule has 3 rings (SSSR count). The van der Waals surface area contributed by atoms with Crippen LogP contribution in [0.5, 0.6) is 5.75 Å². The molecular weight excluding hydrogens is 384 g/mol. The van der Waals surface area contributed by atoms with E-state index in [1.807, 2.05) is 43.3 Å². The van der Waals surface area contributed by atoms with Crippen LogP contribution in [0.15, 0.2) is 60.7 Å². The SMILES string of the molecule is Cc1ccc(NC(=O)COc2ccc(Cl)cc2CNc2ccc(C)c(C)c2)cc1. The van der Waals surface area contributed by atoms with Crippen LogP contribution in [0.1, 0.15) is 22.3 Å². The third-order valence-electron chi connectivity index (χ3n) is 4.71. The van der Waals surface area contributed by atoms with E-state index in [4.69, 9.17) is 16.3 Å². The standard InChI is InChI=1S/C24H25ClN2O2/c1-16-4-8-21(9-5-16)27-24(28)15-29-23-11-7-20(25)13-19(23)14-26-22-10-6-17(2)18(3)12-22/h4-13,26H,14-15H2,1-3H3,(H,27,28). The van der Waals surface area contributed by atoms with Gasteiger partial charge in [0.05, 0.1) is 0 Å². The Morgan fingerprint density at radius 2 is 1.62 bits per heavy atom. The number of nitrogens with one attached hydrogen (secondary N) is 2. The zero-order valence-corrected chi connectivity index (χ0v) is 17.6. The zero-order chi connectivity index (χ0) is 20.8. The van der Waals surface area contributed by atoms with Crippen LogP contribution in [0, 0.1) is 20.8 Å². The molecule has 0 aromatic heterocycles. The topological polar surface area (TPSA) is 50.4 Å². The van der Waals surface area contributed by atoms with Crippen LogP contribution < -0.4 is 15.4 Å². The number of anilines is 2. The maximum absolute atomic E-state index is 12.2. The van der Waals surface area contributed by atoms with Gasteiger partial charge in [-0.15, -0.1) is 0 Å². The molecular formula is C24H25ClN2O2. The van der Waals surface area contributed by atoms with Gasteiger partial charge in [-0.2, -0.15) is 0 Å². The highest BCUT2D eigenvalue weighted by Gasteiger charge is 2.09. The van der Waals surface area contributed by atoms with Crippen molar-refractivity contribution in [3.8, 4) is 5.75 Å². The first-order valence-corrected chi connectivity index (χ1v) is 9.87. The molecule has 0 saturated heterocycles. The lowest BCUT2D eigenvalue weighted by atomic mass is 10.1. The summed E-state index contributed by atoms with van der Waals surface area (Å²) in [6, 6.07) is 19.3. The van der Waals surface area contributed by atoms with Crippen molar-refractivity contribution in [3.63, 3.8) is 0 Å². The van der Waals surface area contributed by atoms with E-state index in [1.54, 1.807) is 12.1 Å². The summed E-state index contributed by atoms with van der Waals surface area (Å²) in [5.41, 5.74) is 6.28. The maximum atomic E-state index is 12.2. The van der Waals surface area contributed by atoms with Gasteiger partial charge in [-0.3, -0.25) is 4.79 Å². The molecule has 150 valence electrons. The summed E-state index contributed by atoms with van der Waals surface area (Å²) in [4.78, 5) is 12.2. The molecule has 0 aliphatic heterocycles. The van der Waals surface area contributed by atoms with Crippen LogP contribution in [0.25, 0.3) is 0 Å². The molecule has 3 aromatic rings. The molecule has 0 heterocycles. The Morgan fingerprint density at radius 1 is 0.897 bits per heavy atom. The van der Waals surface area contributed by atoms with Crippen LogP contribution in [-0.2, 0) is 11.3 Å². The predicted molar refractivity (Wildman–Crippen MR) is 120 cm³/mol. The summed E-state index contributed by atoms with van der Waals surface area (Å²) < 4.78 is 5.77. The van der Waals surface area contributed by atoms with E-state index >= 15 is 0 Å².